The lowest BCUT2D eigenvalue weighted by Crippen LogP contribution is -2.37. The van der Waals surface area contributed by atoms with E-state index in [0.29, 0.717) is 0 Å². The van der Waals surface area contributed by atoms with Crippen molar-refractivity contribution in [3.05, 3.63) is 45.9 Å². The van der Waals surface area contributed by atoms with E-state index in [1.165, 1.54) is 17.2 Å². The molecule has 1 aliphatic heterocycles. The quantitative estimate of drug-likeness (QED) is 0.791. The zero-order valence-electron chi connectivity index (χ0n) is 9.83. The first-order valence-electron chi connectivity index (χ1n) is 5.62. The number of amides is 1. The fraction of sp³-hybridized carbons (Fsp3) is 0.333. The number of aromatic amines is 1. The van der Waals surface area contributed by atoms with Crippen LogP contribution in [0.5, 0.6) is 0 Å². The predicted octanol–water partition coefficient (Wildman–Crippen LogP) is 1.71. The normalized spacial score (nSPS) is 16.2. The van der Waals surface area contributed by atoms with Crippen molar-refractivity contribution in [2.75, 3.05) is 13.1 Å². The second-order valence-corrected chi connectivity index (χ2v) is 4.17. The second kappa shape index (κ2) is 4.91. The van der Waals surface area contributed by atoms with Gasteiger partial charge in [-0.05, 0) is 12.5 Å². The highest BCUT2D eigenvalue weighted by Crippen LogP contribution is 2.30. The van der Waals surface area contributed by atoms with Gasteiger partial charge in [0.1, 0.15) is 0 Å². The van der Waals surface area contributed by atoms with Crippen molar-refractivity contribution >= 4 is 5.91 Å². The SMILES string of the molecule is O=C(c1cc[nH]c(=O)c1)N1CC=C(C(F)(F)F)CC1. The molecule has 0 atom stereocenters. The van der Waals surface area contributed by atoms with Crippen LogP contribution in [-0.2, 0) is 0 Å². The number of alkyl halides is 3. The van der Waals surface area contributed by atoms with E-state index in [1.54, 1.807) is 0 Å². The summed E-state index contributed by atoms with van der Waals surface area (Å²) in [5.41, 5.74) is -0.857. The first-order valence-corrected chi connectivity index (χ1v) is 5.62. The van der Waals surface area contributed by atoms with Gasteiger partial charge in [0.25, 0.3) is 5.91 Å². The zero-order valence-corrected chi connectivity index (χ0v) is 9.83. The van der Waals surface area contributed by atoms with Crippen LogP contribution < -0.4 is 5.56 Å². The third-order valence-corrected chi connectivity index (χ3v) is 2.88. The smallest absolute Gasteiger partial charge is 0.335 e. The molecule has 0 radical (unpaired) electrons. The molecule has 102 valence electrons. The van der Waals surface area contributed by atoms with Gasteiger partial charge in [0.2, 0.25) is 5.56 Å². The lowest BCUT2D eigenvalue weighted by atomic mass is 10.1. The number of nitrogens with zero attached hydrogens (tertiary/aromatic N) is 1. The Kier molecular flexibility index (Phi) is 3.46. The van der Waals surface area contributed by atoms with Crippen LogP contribution in [0.15, 0.2) is 34.8 Å². The van der Waals surface area contributed by atoms with Gasteiger partial charge >= 0.3 is 6.18 Å². The summed E-state index contributed by atoms with van der Waals surface area (Å²) in [6.07, 6.45) is -2.22. The number of H-pyrrole nitrogens is 1. The van der Waals surface area contributed by atoms with Crippen LogP contribution in [0.4, 0.5) is 13.2 Å². The van der Waals surface area contributed by atoms with Crippen LogP contribution >= 0.6 is 0 Å². The number of aromatic nitrogens is 1. The zero-order chi connectivity index (χ0) is 14.0. The largest absolute Gasteiger partial charge is 0.412 e. The minimum Gasteiger partial charge on any atom is -0.335 e. The Labute approximate surface area is 106 Å². The Balaban J connectivity index is 2.12. The molecule has 0 saturated carbocycles. The van der Waals surface area contributed by atoms with Crippen LogP contribution in [-0.4, -0.2) is 35.1 Å². The molecule has 0 fully saturated rings. The summed E-state index contributed by atoms with van der Waals surface area (Å²) in [6, 6.07) is 2.55. The van der Waals surface area contributed by atoms with E-state index in [4.69, 9.17) is 0 Å². The molecule has 7 heteroatoms. The molecule has 4 nitrogen and oxygen atoms in total. The molecular formula is C12H11F3N2O2. The maximum absolute atomic E-state index is 12.4. The van der Waals surface area contributed by atoms with Crippen LogP contribution in [0, 0.1) is 0 Å². The monoisotopic (exact) mass is 272 g/mol. The van der Waals surface area contributed by atoms with E-state index in [0.717, 1.165) is 12.1 Å². The van der Waals surface area contributed by atoms with Crippen molar-refractivity contribution in [2.24, 2.45) is 0 Å². The summed E-state index contributed by atoms with van der Waals surface area (Å²) < 4.78 is 37.3. The lowest BCUT2D eigenvalue weighted by Gasteiger charge is -2.27. The van der Waals surface area contributed by atoms with E-state index in [1.807, 2.05) is 0 Å². The average molecular weight is 272 g/mol. The van der Waals surface area contributed by atoms with Gasteiger partial charge in [-0.25, -0.2) is 0 Å². The molecule has 2 rings (SSSR count). The van der Waals surface area contributed by atoms with Crippen LogP contribution in [0.2, 0.25) is 0 Å². The highest BCUT2D eigenvalue weighted by atomic mass is 19.4. The van der Waals surface area contributed by atoms with Crippen LogP contribution in [0.25, 0.3) is 0 Å². The Morgan fingerprint density at radius 2 is 2.11 bits per heavy atom. The lowest BCUT2D eigenvalue weighted by molar-refractivity contribution is -0.0957. The molecule has 0 bridgehead atoms. The molecule has 0 aromatic carbocycles. The summed E-state index contributed by atoms with van der Waals surface area (Å²) in [5.74, 6) is -0.441. The number of nitrogens with one attached hydrogen (secondary N) is 1. The number of hydrogen-bond acceptors (Lipinski definition) is 2. The Bertz CT molecular complexity index is 575. The Morgan fingerprint density at radius 1 is 1.37 bits per heavy atom. The van der Waals surface area contributed by atoms with Crippen molar-refractivity contribution in [2.45, 2.75) is 12.6 Å². The van der Waals surface area contributed by atoms with Gasteiger partial charge in [-0.3, -0.25) is 9.59 Å². The molecule has 0 saturated heterocycles. The van der Waals surface area contributed by atoms with Gasteiger partial charge < -0.3 is 9.88 Å². The molecule has 1 aromatic rings. The van der Waals surface area contributed by atoms with Crippen molar-refractivity contribution < 1.29 is 18.0 Å². The van der Waals surface area contributed by atoms with Gasteiger partial charge in [0.05, 0.1) is 0 Å². The van der Waals surface area contributed by atoms with E-state index in [9.17, 15) is 22.8 Å². The van der Waals surface area contributed by atoms with Crippen molar-refractivity contribution in [1.29, 1.82) is 0 Å². The number of hydrogen-bond donors (Lipinski definition) is 1. The first-order chi connectivity index (χ1) is 8.88. The maximum Gasteiger partial charge on any atom is 0.412 e. The Morgan fingerprint density at radius 3 is 2.63 bits per heavy atom. The molecule has 19 heavy (non-hydrogen) atoms. The Hall–Kier alpha value is -2.05. The van der Waals surface area contributed by atoms with Gasteiger partial charge in [-0.15, -0.1) is 0 Å². The molecule has 0 aliphatic carbocycles. The van der Waals surface area contributed by atoms with Gasteiger partial charge in [0, 0.05) is 36.5 Å². The summed E-state index contributed by atoms with van der Waals surface area (Å²) in [4.78, 5) is 26.7. The van der Waals surface area contributed by atoms with E-state index in [2.05, 4.69) is 4.98 Å². The molecule has 0 unspecified atom stereocenters. The standard InChI is InChI=1S/C12H11F3N2O2/c13-12(14,15)9-2-5-17(6-3-9)11(19)8-1-4-16-10(18)7-8/h1-2,4,7H,3,5-6H2,(H,16,18). The highest BCUT2D eigenvalue weighted by molar-refractivity contribution is 5.94. The second-order valence-electron chi connectivity index (χ2n) is 4.17. The minimum absolute atomic E-state index is 0.00300. The predicted molar refractivity (Wildman–Crippen MR) is 61.7 cm³/mol. The summed E-state index contributed by atoms with van der Waals surface area (Å²) in [5, 5.41) is 0. The first kappa shape index (κ1) is 13.4. The molecular weight excluding hydrogens is 261 g/mol. The summed E-state index contributed by atoms with van der Waals surface area (Å²) in [7, 11) is 0. The van der Waals surface area contributed by atoms with Crippen LogP contribution in [0.1, 0.15) is 16.8 Å². The van der Waals surface area contributed by atoms with E-state index in [-0.39, 0.29) is 25.1 Å². The van der Waals surface area contributed by atoms with Gasteiger partial charge in [-0.2, -0.15) is 13.2 Å². The maximum atomic E-state index is 12.4. The third kappa shape index (κ3) is 3.04. The average Bonchev–Trinajstić information content (AvgIpc) is 2.37. The van der Waals surface area contributed by atoms with E-state index >= 15 is 0 Å². The van der Waals surface area contributed by atoms with Gasteiger partial charge in [0.15, 0.2) is 0 Å². The van der Waals surface area contributed by atoms with Crippen molar-refractivity contribution in [3.8, 4) is 0 Å². The number of rotatable bonds is 1. The fourth-order valence-corrected chi connectivity index (χ4v) is 1.87. The molecule has 0 spiro atoms. The van der Waals surface area contributed by atoms with E-state index < -0.39 is 23.2 Å². The van der Waals surface area contributed by atoms with Crippen molar-refractivity contribution in [3.63, 3.8) is 0 Å². The molecule has 1 aromatic heterocycles. The number of pyridine rings is 1. The van der Waals surface area contributed by atoms with Crippen LogP contribution in [0.3, 0.4) is 0 Å². The third-order valence-electron chi connectivity index (χ3n) is 2.88. The highest BCUT2D eigenvalue weighted by Gasteiger charge is 2.35. The number of carbonyl (C=O) groups excluding carboxylic acids is 1. The minimum atomic E-state index is -4.33. The topological polar surface area (TPSA) is 53.2 Å². The molecule has 1 aliphatic rings. The van der Waals surface area contributed by atoms with Gasteiger partial charge in [-0.1, -0.05) is 6.08 Å². The number of carbonyl (C=O) groups is 1. The van der Waals surface area contributed by atoms with Crippen molar-refractivity contribution in [1.82, 2.24) is 9.88 Å². The molecule has 1 N–H and O–H groups in total. The number of halogens is 3. The fourth-order valence-electron chi connectivity index (χ4n) is 1.87. The molecule has 2 heterocycles. The summed E-state index contributed by atoms with van der Waals surface area (Å²) >= 11 is 0. The molecule has 1 amide bonds. The summed E-state index contributed by atoms with van der Waals surface area (Å²) in [6.45, 7) is -0.0998.